The number of anilines is 2. The lowest BCUT2D eigenvalue weighted by molar-refractivity contribution is -0.114. The molecular formula is C24H33N3O3. The van der Waals surface area contributed by atoms with E-state index in [1.54, 1.807) is 24.3 Å². The number of hydrogen-bond donors (Lipinski definition) is 3. The van der Waals surface area contributed by atoms with Gasteiger partial charge in [0.25, 0.3) is 5.91 Å². The Labute approximate surface area is 179 Å². The van der Waals surface area contributed by atoms with Gasteiger partial charge < -0.3 is 20.7 Å². The summed E-state index contributed by atoms with van der Waals surface area (Å²) in [5.74, 6) is 1.06. The normalized spacial score (nSPS) is 11.1. The minimum absolute atomic E-state index is 0.127. The maximum atomic E-state index is 12.2. The fraction of sp³-hybridized carbons (Fsp3) is 0.417. The molecule has 6 nitrogen and oxygen atoms in total. The van der Waals surface area contributed by atoms with Crippen molar-refractivity contribution in [1.82, 2.24) is 5.32 Å². The average Bonchev–Trinajstić information content (AvgIpc) is 2.66. The molecular weight excluding hydrogens is 378 g/mol. The summed E-state index contributed by atoms with van der Waals surface area (Å²) in [7, 11) is 0. The number of carbonyl (C=O) groups is 2. The number of hydrogen-bond acceptors (Lipinski definition) is 4. The second-order valence-corrected chi connectivity index (χ2v) is 8.74. The van der Waals surface area contributed by atoms with Crippen molar-refractivity contribution in [2.75, 3.05) is 23.8 Å². The second-order valence-electron chi connectivity index (χ2n) is 8.74. The first-order chi connectivity index (χ1) is 14.1. The highest BCUT2D eigenvalue weighted by atomic mass is 16.5. The Kier molecular flexibility index (Phi) is 8.27. The van der Waals surface area contributed by atoms with Crippen molar-refractivity contribution in [2.24, 2.45) is 5.92 Å². The predicted molar refractivity (Wildman–Crippen MR) is 122 cm³/mol. The first-order valence-corrected chi connectivity index (χ1v) is 10.3. The van der Waals surface area contributed by atoms with Gasteiger partial charge in [0.2, 0.25) is 5.91 Å². The van der Waals surface area contributed by atoms with E-state index in [1.807, 2.05) is 45.0 Å². The maximum Gasteiger partial charge on any atom is 0.251 e. The van der Waals surface area contributed by atoms with Crippen LogP contribution in [0, 0.1) is 5.92 Å². The summed E-state index contributed by atoms with van der Waals surface area (Å²) in [6.45, 7) is 10.9. The van der Waals surface area contributed by atoms with Crippen LogP contribution in [0.5, 0.6) is 5.75 Å². The molecule has 2 amide bonds. The van der Waals surface area contributed by atoms with Gasteiger partial charge in [-0.1, -0.05) is 19.9 Å². The van der Waals surface area contributed by atoms with Crippen LogP contribution in [0.3, 0.4) is 0 Å². The van der Waals surface area contributed by atoms with Crippen LogP contribution in [-0.4, -0.2) is 30.5 Å². The van der Waals surface area contributed by atoms with Gasteiger partial charge in [-0.05, 0) is 69.5 Å². The van der Waals surface area contributed by atoms with E-state index in [9.17, 15) is 9.59 Å². The smallest absolute Gasteiger partial charge is 0.251 e. The molecule has 0 unspecified atom stereocenters. The summed E-state index contributed by atoms with van der Waals surface area (Å²) >= 11 is 0. The number of nitrogens with one attached hydrogen (secondary N) is 3. The van der Waals surface area contributed by atoms with Gasteiger partial charge in [-0.25, -0.2) is 0 Å². The molecule has 0 heterocycles. The Morgan fingerprint density at radius 2 is 1.70 bits per heavy atom. The topological polar surface area (TPSA) is 79.5 Å². The van der Waals surface area contributed by atoms with Crippen LogP contribution < -0.4 is 20.7 Å². The molecule has 162 valence electrons. The largest absolute Gasteiger partial charge is 0.494 e. The summed E-state index contributed by atoms with van der Waals surface area (Å²) in [6.07, 6.45) is 0.997. The lowest BCUT2D eigenvalue weighted by atomic mass is 10.1. The van der Waals surface area contributed by atoms with Gasteiger partial charge in [0.15, 0.2) is 0 Å². The molecule has 0 atom stereocenters. The molecule has 0 spiro atoms. The number of rotatable bonds is 9. The van der Waals surface area contributed by atoms with Crippen LogP contribution in [0.25, 0.3) is 0 Å². The number of ether oxygens (including phenoxy) is 1. The molecule has 2 rings (SSSR count). The Morgan fingerprint density at radius 1 is 1.00 bits per heavy atom. The zero-order valence-corrected chi connectivity index (χ0v) is 18.5. The summed E-state index contributed by atoms with van der Waals surface area (Å²) in [5.41, 5.74) is 1.71. The number of amides is 2. The fourth-order valence-electron chi connectivity index (χ4n) is 2.61. The molecule has 0 aliphatic heterocycles. The zero-order valence-electron chi connectivity index (χ0n) is 18.5. The first-order valence-electron chi connectivity index (χ1n) is 10.3. The predicted octanol–water partition coefficient (Wildman–Crippen LogP) is 4.69. The van der Waals surface area contributed by atoms with E-state index in [0.717, 1.165) is 17.9 Å². The van der Waals surface area contributed by atoms with Crippen LogP contribution >= 0.6 is 0 Å². The molecule has 0 saturated heterocycles. The highest BCUT2D eigenvalue weighted by Crippen LogP contribution is 2.18. The molecule has 2 aromatic rings. The van der Waals surface area contributed by atoms with Gasteiger partial charge in [-0.2, -0.15) is 0 Å². The molecule has 0 aromatic heterocycles. The van der Waals surface area contributed by atoms with Crippen molar-refractivity contribution in [2.45, 2.75) is 46.6 Å². The van der Waals surface area contributed by atoms with Gasteiger partial charge >= 0.3 is 0 Å². The van der Waals surface area contributed by atoms with Gasteiger partial charge in [0, 0.05) is 28.5 Å². The van der Waals surface area contributed by atoms with E-state index in [-0.39, 0.29) is 23.9 Å². The summed E-state index contributed by atoms with van der Waals surface area (Å²) in [6, 6.07) is 14.4. The van der Waals surface area contributed by atoms with Crippen LogP contribution in [-0.2, 0) is 4.79 Å². The third-order valence-electron chi connectivity index (χ3n) is 4.17. The molecule has 0 aliphatic carbocycles. The summed E-state index contributed by atoms with van der Waals surface area (Å²) < 4.78 is 5.75. The summed E-state index contributed by atoms with van der Waals surface area (Å²) in [5, 5.41) is 8.84. The van der Waals surface area contributed by atoms with Crippen molar-refractivity contribution in [1.29, 1.82) is 0 Å². The maximum absolute atomic E-state index is 12.2. The van der Waals surface area contributed by atoms with Gasteiger partial charge in [0.05, 0.1) is 13.2 Å². The lowest BCUT2D eigenvalue weighted by Crippen LogP contribution is -2.40. The molecule has 0 fully saturated rings. The Hall–Kier alpha value is -3.02. The van der Waals surface area contributed by atoms with Crippen molar-refractivity contribution in [3.05, 3.63) is 54.1 Å². The molecule has 3 N–H and O–H groups in total. The highest BCUT2D eigenvalue weighted by Gasteiger charge is 2.15. The van der Waals surface area contributed by atoms with E-state index >= 15 is 0 Å². The van der Waals surface area contributed by atoms with E-state index in [2.05, 4.69) is 29.8 Å². The molecule has 6 heteroatoms. The average molecular weight is 412 g/mol. The number of carbonyl (C=O) groups excluding carboxylic acids is 2. The van der Waals surface area contributed by atoms with Crippen molar-refractivity contribution in [3.8, 4) is 5.75 Å². The Balaban J connectivity index is 1.83. The van der Waals surface area contributed by atoms with Gasteiger partial charge in [-0.3, -0.25) is 9.59 Å². The molecule has 0 radical (unpaired) electrons. The SMILES string of the molecule is CC(C)CCOc1cccc(NCC(=O)Nc2ccc(C(=O)NC(C)(C)C)cc2)c1. The molecule has 30 heavy (non-hydrogen) atoms. The van der Waals surface area contributed by atoms with Crippen molar-refractivity contribution in [3.63, 3.8) is 0 Å². The van der Waals surface area contributed by atoms with Crippen LogP contribution in [0.4, 0.5) is 11.4 Å². The zero-order chi connectivity index (χ0) is 22.1. The van der Waals surface area contributed by atoms with E-state index < -0.39 is 0 Å². The first kappa shape index (κ1) is 23.3. The Bertz CT molecular complexity index is 840. The highest BCUT2D eigenvalue weighted by molar-refractivity contribution is 5.97. The Morgan fingerprint density at radius 3 is 2.33 bits per heavy atom. The van der Waals surface area contributed by atoms with Crippen LogP contribution in [0.15, 0.2) is 48.5 Å². The van der Waals surface area contributed by atoms with Gasteiger partial charge in [0.1, 0.15) is 5.75 Å². The minimum Gasteiger partial charge on any atom is -0.494 e. The number of benzene rings is 2. The van der Waals surface area contributed by atoms with E-state index in [1.165, 1.54) is 0 Å². The second kappa shape index (κ2) is 10.7. The quantitative estimate of drug-likeness (QED) is 0.559. The third kappa shape index (κ3) is 8.55. The van der Waals surface area contributed by atoms with E-state index in [0.29, 0.717) is 23.8 Å². The van der Waals surface area contributed by atoms with E-state index in [4.69, 9.17) is 4.74 Å². The third-order valence-corrected chi connectivity index (χ3v) is 4.17. The minimum atomic E-state index is -0.299. The van der Waals surface area contributed by atoms with Crippen LogP contribution in [0.2, 0.25) is 0 Å². The fourth-order valence-corrected chi connectivity index (χ4v) is 2.61. The van der Waals surface area contributed by atoms with Crippen molar-refractivity contribution >= 4 is 23.2 Å². The van der Waals surface area contributed by atoms with Crippen LogP contribution in [0.1, 0.15) is 51.4 Å². The molecule has 0 aliphatic rings. The summed E-state index contributed by atoms with van der Waals surface area (Å²) in [4.78, 5) is 24.4. The standard InChI is InChI=1S/C24H33N3O3/c1-17(2)13-14-30-21-8-6-7-20(15-21)25-16-22(28)26-19-11-9-18(10-12-19)23(29)27-24(3,4)5/h6-12,15,17,25H,13-14,16H2,1-5H3,(H,26,28)(H,27,29). The van der Waals surface area contributed by atoms with Crippen molar-refractivity contribution < 1.29 is 14.3 Å². The lowest BCUT2D eigenvalue weighted by Gasteiger charge is -2.20. The molecule has 0 saturated carbocycles. The molecule has 2 aromatic carbocycles. The monoisotopic (exact) mass is 411 g/mol. The van der Waals surface area contributed by atoms with Gasteiger partial charge in [-0.15, -0.1) is 0 Å². The molecule has 0 bridgehead atoms.